The molecular formula is C45H58N2O6. The summed E-state index contributed by atoms with van der Waals surface area (Å²) >= 11 is 0. The average molecular weight is 723 g/mol. The lowest BCUT2D eigenvalue weighted by Crippen LogP contribution is -2.39. The van der Waals surface area contributed by atoms with Crippen LogP contribution in [0.1, 0.15) is 101 Å². The Morgan fingerprint density at radius 1 is 0.642 bits per heavy atom. The van der Waals surface area contributed by atoms with Crippen LogP contribution < -0.4 is 20.9 Å². The van der Waals surface area contributed by atoms with Crippen molar-refractivity contribution in [1.29, 1.82) is 0 Å². The minimum absolute atomic E-state index is 0.157. The number of hydrogen-bond acceptors (Lipinski definition) is 8. The lowest BCUT2D eigenvalue weighted by atomic mass is 9.81. The standard InChI is InChI=1S/C45H58N2O6/c1-3-30-5-9-34(10-6-30)28-52-37-20-13-32(14-21-37)17-25-41(48)44(50)43(39-24-19-36(46)27-40(39)47)45(51)42(49)26-18-33-15-22-38(23-16-33)53-29-35-11-7-31(4-2)8-12-35/h13-27,30-31,34-35,43-45,50-51H,3-12,28-29,46-47H2,1-2H3/b25-17+,26-18+. The quantitative estimate of drug-likeness (QED) is 0.0803. The van der Waals surface area contributed by atoms with E-state index in [1.165, 1.54) is 88.5 Å². The molecule has 0 aromatic heterocycles. The fourth-order valence-corrected chi connectivity index (χ4v) is 7.71. The second-order valence-corrected chi connectivity index (χ2v) is 15.1. The zero-order valence-corrected chi connectivity index (χ0v) is 31.4. The van der Waals surface area contributed by atoms with Crippen molar-refractivity contribution in [2.24, 2.45) is 23.7 Å². The molecule has 6 N–H and O–H groups in total. The molecule has 0 radical (unpaired) electrons. The molecule has 0 saturated heterocycles. The highest BCUT2D eigenvalue weighted by Crippen LogP contribution is 2.34. The van der Waals surface area contributed by atoms with Crippen LogP contribution in [0.2, 0.25) is 0 Å². The van der Waals surface area contributed by atoms with Gasteiger partial charge in [-0.1, -0.05) is 94.9 Å². The molecule has 0 spiro atoms. The van der Waals surface area contributed by atoms with Gasteiger partial charge in [0, 0.05) is 11.4 Å². The Morgan fingerprint density at radius 3 is 1.42 bits per heavy atom. The Bertz CT molecular complexity index is 1570. The summed E-state index contributed by atoms with van der Waals surface area (Å²) in [5.74, 6) is 1.68. The zero-order chi connectivity index (χ0) is 37.7. The van der Waals surface area contributed by atoms with Gasteiger partial charge in [-0.2, -0.15) is 0 Å². The predicted molar refractivity (Wildman–Crippen MR) is 213 cm³/mol. The molecule has 3 aromatic rings. The fraction of sp³-hybridized carbons (Fsp3) is 0.467. The van der Waals surface area contributed by atoms with Crippen LogP contribution in [0, 0.1) is 23.7 Å². The number of carbonyl (C=O) groups is 2. The number of hydrogen-bond donors (Lipinski definition) is 4. The number of nitrogens with two attached hydrogens (primary N) is 2. The Morgan fingerprint density at radius 2 is 1.04 bits per heavy atom. The van der Waals surface area contributed by atoms with Crippen molar-refractivity contribution in [1.82, 2.24) is 0 Å². The lowest BCUT2D eigenvalue weighted by Gasteiger charge is -2.27. The summed E-state index contributed by atoms with van der Waals surface area (Å²) in [6.07, 6.45) is 14.5. The molecule has 2 unspecified atom stereocenters. The zero-order valence-electron chi connectivity index (χ0n) is 31.4. The Hall–Kier alpha value is -4.40. The maximum absolute atomic E-state index is 13.3. The van der Waals surface area contributed by atoms with Crippen LogP contribution in [-0.2, 0) is 9.59 Å². The van der Waals surface area contributed by atoms with E-state index in [1.807, 2.05) is 48.5 Å². The van der Waals surface area contributed by atoms with E-state index in [9.17, 15) is 19.8 Å². The molecule has 284 valence electrons. The first-order chi connectivity index (χ1) is 25.6. The van der Waals surface area contributed by atoms with Crippen LogP contribution in [-0.4, -0.2) is 47.2 Å². The SMILES string of the molecule is CCC1CCC(COc2ccc(/C=C/C(=O)C(O)C(c3ccc(N)cc3N)C(O)C(=O)/C=C/c3ccc(OCC4CCC(CC)CC4)cc3)cc2)CC1. The third-order valence-corrected chi connectivity index (χ3v) is 11.4. The number of ether oxygens (including phenoxy) is 2. The van der Waals surface area contributed by atoms with Crippen molar-refractivity contribution in [3.63, 3.8) is 0 Å². The number of aliphatic hydroxyl groups is 2. The van der Waals surface area contributed by atoms with Gasteiger partial charge in [0.25, 0.3) is 0 Å². The number of ketones is 2. The molecule has 0 aliphatic heterocycles. The molecule has 2 atom stereocenters. The molecule has 8 nitrogen and oxygen atoms in total. The third-order valence-electron chi connectivity index (χ3n) is 11.4. The second-order valence-electron chi connectivity index (χ2n) is 15.1. The maximum atomic E-state index is 13.3. The van der Waals surface area contributed by atoms with Gasteiger partial charge in [0.15, 0.2) is 11.6 Å². The topological polar surface area (TPSA) is 145 Å². The normalized spacial score (nSPS) is 22.3. The van der Waals surface area contributed by atoms with Crippen LogP contribution >= 0.6 is 0 Å². The predicted octanol–water partition coefficient (Wildman–Crippen LogP) is 8.41. The molecule has 5 rings (SSSR count). The van der Waals surface area contributed by atoms with Gasteiger partial charge in [-0.25, -0.2) is 0 Å². The number of anilines is 2. The van der Waals surface area contributed by atoms with Gasteiger partial charge in [-0.3, -0.25) is 9.59 Å². The van der Waals surface area contributed by atoms with Crippen molar-refractivity contribution in [2.45, 2.75) is 96.2 Å². The third kappa shape index (κ3) is 11.5. The van der Waals surface area contributed by atoms with Gasteiger partial charge in [-0.15, -0.1) is 0 Å². The molecule has 2 aliphatic rings. The van der Waals surface area contributed by atoms with Gasteiger partial charge in [0.05, 0.1) is 19.1 Å². The summed E-state index contributed by atoms with van der Waals surface area (Å²) in [6.45, 7) is 5.92. The molecule has 0 bridgehead atoms. The van der Waals surface area contributed by atoms with Crippen LogP contribution in [0.5, 0.6) is 11.5 Å². The van der Waals surface area contributed by atoms with Gasteiger partial charge in [-0.05, 0) is 115 Å². The van der Waals surface area contributed by atoms with E-state index in [2.05, 4.69) is 13.8 Å². The first-order valence-electron chi connectivity index (χ1n) is 19.5. The molecule has 2 fully saturated rings. The smallest absolute Gasteiger partial charge is 0.184 e. The Kier molecular flexibility index (Phi) is 14.7. The summed E-state index contributed by atoms with van der Waals surface area (Å²) in [5.41, 5.74) is 14.4. The van der Waals surface area contributed by atoms with Gasteiger partial charge in [0.2, 0.25) is 0 Å². The largest absolute Gasteiger partial charge is 0.493 e. The fourth-order valence-electron chi connectivity index (χ4n) is 7.71. The number of rotatable bonds is 17. The van der Waals surface area contributed by atoms with E-state index >= 15 is 0 Å². The average Bonchev–Trinajstić information content (AvgIpc) is 3.19. The van der Waals surface area contributed by atoms with Crippen molar-refractivity contribution in [3.8, 4) is 11.5 Å². The molecule has 2 saturated carbocycles. The summed E-state index contributed by atoms with van der Waals surface area (Å²) in [5, 5.41) is 22.6. The van der Waals surface area contributed by atoms with Crippen LogP contribution in [0.3, 0.4) is 0 Å². The minimum Gasteiger partial charge on any atom is -0.493 e. The Balaban J connectivity index is 1.19. The number of aliphatic hydroxyl groups excluding tert-OH is 2. The van der Waals surface area contributed by atoms with E-state index in [-0.39, 0.29) is 11.3 Å². The summed E-state index contributed by atoms with van der Waals surface area (Å²) in [6, 6.07) is 19.4. The van der Waals surface area contributed by atoms with Crippen LogP contribution in [0.15, 0.2) is 78.9 Å². The van der Waals surface area contributed by atoms with E-state index in [1.54, 1.807) is 18.2 Å². The number of nitrogen functional groups attached to an aromatic ring is 2. The molecule has 53 heavy (non-hydrogen) atoms. The minimum atomic E-state index is -1.76. The van der Waals surface area contributed by atoms with Gasteiger partial charge < -0.3 is 31.2 Å². The monoisotopic (exact) mass is 722 g/mol. The summed E-state index contributed by atoms with van der Waals surface area (Å²) < 4.78 is 12.1. The highest BCUT2D eigenvalue weighted by Gasteiger charge is 2.36. The number of carbonyl (C=O) groups excluding carboxylic acids is 2. The second kappa shape index (κ2) is 19.6. The molecular weight excluding hydrogens is 665 g/mol. The number of benzene rings is 3. The van der Waals surface area contributed by atoms with Crippen molar-refractivity contribution < 1.29 is 29.3 Å². The summed E-state index contributed by atoms with van der Waals surface area (Å²) in [4.78, 5) is 26.7. The first-order valence-corrected chi connectivity index (χ1v) is 19.5. The highest BCUT2D eigenvalue weighted by atomic mass is 16.5. The Labute approximate surface area is 315 Å². The van der Waals surface area contributed by atoms with Gasteiger partial charge >= 0.3 is 0 Å². The van der Waals surface area contributed by atoms with Crippen LogP contribution in [0.25, 0.3) is 12.2 Å². The molecule has 3 aromatic carbocycles. The van der Waals surface area contributed by atoms with E-state index in [0.717, 1.165) is 34.5 Å². The van der Waals surface area contributed by atoms with Gasteiger partial charge in [0.1, 0.15) is 23.7 Å². The van der Waals surface area contributed by atoms with E-state index in [0.29, 0.717) is 30.7 Å². The van der Waals surface area contributed by atoms with Crippen LogP contribution in [0.4, 0.5) is 11.4 Å². The lowest BCUT2D eigenvalue weighted by molar-refractivity contribution is -0.130. The highest BCUT2D eigenvalue weighted by molar-refractivity contribution is 6.01. The summed E-state index contributed by atoms with van der Waals surface area (Å²) in [7, 11) is 0. The molecule has 0 amide bonds. The molecule has 0 heterocycles. The van der Waals surface area contributed by atoms with E-state index in [4.69, 9.17) is 20.9 Å². The first kappa shape index (κ1) is 39.8. The van der Waals surface area contributed by atoms with Crippen molar-refractivity contribution >= 4 is 35.1 Å². The maximum Gasteiger partial charge on any atom is 0.184 e. The molecule has 2 aliphatic carbocycles. The van der Waals surface area contributed by atoms with Crippen molar-refractivity contribution in [2.75, 3.05) is 24.7 Å². The van der Waals surface area contributed by atoms with E-state index < -0.39 is 29.7 Å². The molecule has 8 heteroatoms. The van der Waals surface area contributed by atoms with Crippen molar-refractivity contribution in [3.05, 3.63) is 95.6 Å².